The largest absolute Gasteiger partial charge is 0.472 e. The molecule has 3 unspecified atom stereocenters. The Morgan fingerprint density at radius 3 is 0.979 bits per heavy atom. The maximum absolute atomic E-state index is 13.1. The van der Waals surface area contributed by atoms with Crippen molar-refractivity contribution in [2.24, 2.45) is 0 Å². The number of aliphatic hydroxyl groups excluding tert-OH is 1. The molecule has 0 aliphatic rings. The zero-order chi connectivity index (χ0) is 68.3. The number of carbonyl (C=O) groups is 1. The number of amides is 1. The van der Waals surface area contributed by atoms with E-state index in [-0.39, 0.29) is 19.1 Å². The molecule has 0 aromatic carbocycles. The lowest BCUT2D eigenvalue weighted by Crippen LogP contribution is -2.45. The van der Waals surface area contributed by atoms with E-state index in [1.165, 1.54) is 231 Å². The number of quaternary nitrogens is 1. The molecule has 3 atom stereocenters. The summed E-state index contributed by atoms with van der Waals surface area (Å²) in [7, 11) is 1.55. The minimum absolute atomic E-state index is 0.0515. The first-order valence-corrected chi connectivity index (χ1v) is 41.1. The minimum Gasteiger partial charge on any atom is -0.387 e. The van der Waals surface area contributed by atoms with Crippen molar-refractivity contribution in [3.8, 4) is 0 Å². The van der Waals surface area contributed by atoms with Crippen molar-refractivity contribution >= 4 is 13.7 Å². The summed E-state index contributed by atoms with van der Waals surface area (Å²) in [5.74, 6) is -0.189. The van der Waals surface area contributed by atoms with Crippen LogP contribution in [-0.4, -0.2) is 73.4 Å². The average molecular weight is 1330 g/mol. The van der Waals surface area contributed by atoms with Gasteiger partial charge in [0.2, 0.25) is 5.91 Å². The number of unbranched alkanes of at least 4 members (excludes halogenated alkanes) is 39. The van der Waals surface area contributed by atoms with Gasteiger partial charge in [-0.05, 0) is 103 Å². The number of carbonyl (C=O) groups excluding carboxylic acids is 1. The Hall–Kier alpha value is -3.36. The van der Waals surface area contributed by atoms with Crippen LogP contribution in [0.4, 0.5) is 0 Å². The van der Waals surface area contributed by atoms with E-state index in [0.717, 1.165) is 96.3 Å². The van der Waals surface area contributed by atoms with Crippen LogP contribution in [0, 0.1) is 0 Å². The Morgan fingerprint density at radius 2 is 0.649 bits per heavy atom. The molecule has 1 amide bonds. The molecular formula is C85H152N2O6P+. The van der Waals surface area contributed by atoms with Gasteiger partial charge in [-0.15, -0.1) is 0 Å². The molecule has 0 fully saturated rings. The highest BCUT2D eigenvalue weighted by atomic mass is 31.2. The molecule has 0 saturated carbocycles. The molecule has 0 aromatic heterocycles. The third-order valence-electron chi connectivity index (χ3n) is 17.4. The molecule has 0 aromatic rings. The summed E-state index contributed by atoms with van der Waals surface area (Å²) in [6.45, 7) is 4.71. The van der Waals surface area contributed by atoms with Gasteiger partial charge in [-0.25, -0.2) is 4.57 Å². The smallest absolute Gasteiger partial charge is 0.387 e. The molecule has 94 heavy (non-hydrogen) atoms. The number of phosphoric ester groups is 1. The lowest BCUT2D eigenvalue weighted by molar-refractivity contribution is -0.870. The molecule has 8 nitrogen and oxygen atoms in total. The highest BCUT2D eigenvalue weighted by molar-refractivity contribution is 7.47. The number of rotatable bonds is 72. The maximum Gasteiger partial charge on any atom is 0.472 e. The second-order valence-electron chi connectivity index (χ2n) is 27.7. The van der Waals surface area contributed by atoms with Crippen LogP contribution in [-0.2, 0) is 18.4 Å². The number of aliphatic hydroxyl groups is 1. The van der Waals surface area contributed by atoms with Gasteiger partial charge in [-0.3, -0.25) is 13.8 Å². The van der Waals surface area contributed by atoms with Crippen LogP contribution < -0.4 is 5.32 Å². The number of hydrogen-bond donors (Lipinski definition) is 3. The third kappa shape index (κ3) is 76.0. The molecule has 9 heteroatoms. The van der Waals surface area contributed by atoms with Crippen LogP contribution >= 0.6 is 7.82 Å². The quantitative estimate of drug-likeness (QED) is 0.0243. The highest BCUT2D eigenvalue weighted by Gasteiger charge is 2.28. The fourth-order valence-electron chi connectivity index (χ4n) is 11.3. The Labute approximate surface area is 583 Å². The van der Waals surface area contributed by atoms with Gasteiger partial charge in [0.1, 0.15) is 13.2 Å². The first-order valence-electron chi connectivity index (χ1n) is 39.6. The molecule has 0 aliphatic carbocycles. The number of likely N-dealkylation sites (N-methyl/N-ethyl adjacent to an activating group) is 1. The van der Waals surface area contributed by atoms with Crippen LogP contribution in [0.3, 0.4) is 0 Å². The zero-order valence-electron chi connectivity index (χ0n) is 62.2. The maximum atomic E-state index is 13.1. The van der Waals surface area contributed by atoms with Crippen molar-refractivity contribution in [1.29, 1.82) is 0 Å². The number of phosphoric acid groups is 1. The van der Waals surface area contributed by atoms with Crippen LogP contribution in [0.5, 0.6) is 0 Å². The normalized spacial score (nSPS) is 14.2. The van der Waals surface area contributed by atoms with E-state index < -0.39 is 20.0 Å². The van der Waals surface area contributed by atoms with Gasteiger partial charge in [-0.2, -0.15) is 0 Å². The SMILES string of the molecule is CC/C=C\C/C=C\C/C=C\C/C=C\C/C=C\C/C=C\C/C=C\C/C=C\C/C=C\CCCCCCCCCCCCCCCC(=O)NC(COP(=O)(O)OCC[N+](C)(C)C)C(O)/C=C/CC/C=C/CCCCCCCCCCCCCCCCCCCCCCCCCCC. The van der Waals surface area contributed by atoms with Crippen molar-refractivity contribution in [3.05, 3.63) is 134 Å². The number of nitrogens with one attached hydrogen (secondary N) is 1. The van der Waals surface area contributed by atoms with Crippen LogP contribution in [0.2, 0.25) is 0 Å². The predicted octanol–water partition coefficient (Wildman–Crippen LogP) is 26.1. The van der Waals surface area contributed by atoms with Crippen molar-refractivity contribution in [1.82, 2.24) is 5.32 Å². The van der Waals surface area contributed by atoms with Gasteiger partial charge in [-0.1, -0.05) is 372 Å². The summed E-state index contributed by atoms with van der Waals surface area (Å²) >= 11 is 0. The molecular weight excluding hydrogens is 1180 g/mol. The van der Waals surface area contributed by atoms with Gasteiger partial charge in [0, 0.05) is 6.42 Å². The van der Waals surface area contributed by atoms with Gasteiger partial charge < -0.3 is 19.8 Å². The summed E-state index contributed by atoms with van der Waals surface area (Å²) in [5.41, 5.74) is 0. The van der Waals surface area contributed by atoms with Gasteiger partial charge >= 0.3 is 7.82 Å². The average Bonchev–Trinajstić information content (AvgIpc) is 1.77. The van der Waals surface area contributed by atoms with Crippen molar-refractivity contribution in [2.75, 3.05) is 40.9 Å². The molecule has 0 bridgehead atoms. The Kier molecular flexibility index (Phi) is 71.2. The summed E-state index contributed by atoms with van der Waals surface area (Å²) in [4.78, 5) is 23.5. The highest BCUT2D eigenvalue weighted by Crippen LogP contribution is 2.43. The lowest BCUT2D eigenvalue weighted by atomic mass is 10.0. The molecule has 0 saturated heterocycles. The van der Waals surface area contributed by atoms with E-state index in [4.69, 9.17) is 9.05 Å². The number of nitrogens with zero attached hydrogens (tertiary/aromatic N) is 1. The molecule has 0 spiro atoms. The van der Waals surface area contributed by atoms with Crippen LogP contribution in [0.25, 0.3) is 0 Å². The first kappa shape index (κ1) is 90.6. The van der Waals surface area contributed by atoms with E-state index in [0.29, 0.717) is 17.4 Å². The van der Waals surface area contributed by atoms with Gasteiger partial charge in [0.15, 0.2) is 0 Å². The number of hydrogen-bond acceptors (Lipinski definition) is 5. The van der Waals surface area contributed by atoms with E-state index in [2.05, 4.69) is 141 Å². The molecule has 3 N–H and O–H groups in total. The van der Waals surface area contributed by atoms with E-state index in [9.17, 15) is 19.4 Å². The zero-order valence-corrected chi connectivity index (χ0v) is 63.1. The van der Waals surface area contributed by atoms with Crippen LogP contribution in [0.1, 0.15) is 348 Å². The Balaban J connectivity index is 4.07. The Bertz CT molecular complexity index is 2000. The fourth-order valence-corrected chi connectivity index (χ4v) is 12.0. The fraction of sp³-hybridized carbons (Fsp3) is 0.729. The number of allylic oxidation sites excluding steroid dienone is 21. The van der Waals surface area contributed by atoms with Crippen LogP contribution in [0.15, 0.2) is 134 Å². The third-order valence-corrected chi connectivity index (χ3v) is 18.3. The summed E-state index contributed by atoms with van der Waals surface area (Å²) in [6.07, 6.45) is 112. The van der Waals surface area contributed by atoms with E-state index in [1.54, 1.807) is 6.08 Å². The van der Waals surface area contributed by atoms with E-state index >= 15 is 0 Å². The van der Waals surface area contributed by atoms with Crippen molar-refractivity contribution in [3.63, 3.8) is 0 Å². The second-order valence-corrected chi connectivity index (χ2v) is 29.2. The second kappa shape index (κ2) is 73.9. The summed E-state index contributed by atoms with van der Waals surface area (Å²) in [5, 5.41) is 14.0. The summed E-state index contributed by atoms with van der Waals surface area (Å²) < 4.78 is 23.9. The van der Waals surface area contributed by atoms with Gasteiger partial charge in [0.05, 0.1) is 39.9 Å². The summed E-state index contributed by atoms with van der Waals surface area (Å²) in [6, 6.07) is -0.874. The van der Waals surface area contributed by atoms with Gasteiger partial charge in [0.25, 0.3) is 0 Å². The van der Waals surface area contributed by atoms with Crippen molar-refractivity contribution < 1.29 is 32.9 Å². The topological polar surface area (TPSA) is 105 Å². The predicted molar refractivity (Wildman–Crippen MR) is 415 cm³/mol. The van der Waals surface area contributed by atoms with Crippen molar-refractivity contribution in [2.45, 2.75) is 360 Å². The standard InChI is InChI=1S/C85H151N2O6P/c1-6-8-10-12-14-16-18-20-22-24-26-28-30-32-34-36-38-39-40-41-42-43-44-45-46-47-49-51-53-55-57-59-61-63-65-67-69-71-73-75-77-79-85(89)86-83(82-93-94(90,91)92-81-80-87(3,4)5)84(88)78-76-74-72-70-68-66-64-62-60-58-56-54-52-50-48-37-35-33-31-29-27-25-23-21-19-17-15-13-11-9-7-2/h8,10,14,16,20,22,26,28,32,34,38-39,41-42,44-45,47,49,68,70,76,78,83-84,88H,6-7,9,11-13,15,17-19,21,23-25,27,29-31,33,35-37,40,43,46,48,50-67,69,71-75,77,79-82H2,1-5H3,(H-,86,89,90,91)/p+1/b10-8-,16-14-,22-20-,28-26-,34-32-,39-38-,42-41-,45-44-,49-47-,70-68+,78-76+. The minimum atomic E-state index is -4.37. The first-order chi connectivity index (χ1) is 46.0. The lowest BCUT2D eigenvalue weighted by Gasteiger charge is -2.25. The Morgan fingerprint density at radius 1 is 0.372 bits per heavy atom. The molecule has 0 radical (unpaired) electrons. The monoisotopic (exact) mass is 1330 g/mol. The van der Waals surface area contributed by atoms with E-state index in [1.807, 2.05) is 27.2 Å². The molecule has 0 rings (SSSR count). The molecule has 0 heterocycles. The molecule has 0 aliphatic heterocycles. The molecule has 542 valence electrons.